The molecule has 1 amide bonds. The number of halogens is 2. The topological polar surface area (TPSA) is 98.5 Å². The molecule has 0 aromatic rings. The van der Waals surface area contributed by atoms with Crippen LogP contribution in [0.3, 0.4) is 0 Å². The molecule has 0 radical (unpaired) electrons. The van der Waals surface area contributed by atoms with E-state index in [0.29, 0.717) is 0 Å². The average molecular weight is 306 g/mol. The van der Waals surface area contributed by atoms with Crippen LogP contribution in [0.25, 0.3) is 0 Å². The SMILES string of the molecule is O=C(NBr)C(C(=O)OBr)[N+](=O)[O-]. The summed E-state index contributed by atoms with van der Waals surface area (Å²) in [6, 6.07) is -2.07. The molecule has 0 aliphatic heterocycles. The van der Waals surface area contributed by atoms with Gasteiger partial charge in [0.05, 0.1) is 0 Å². The minimum atomic E-state index is -2.07. The van der Waals surface area contributed by atoms with Gasteiger partial charge in [0.25, 0.3) is 0 Å². The zero-order valence-corrected chi connectivity index (χ0v) is 8.49. The summed E-state index contributed by atoms with van der Waals surface area (Å²) in [4.78, 5) is 30.2. The van der Waals surface area contributed by atoms with Gasteiger partial charge in [-0.05, 0) is 0 Å². The summed E-state index contributed by atoms with van der Waals surface area (Å²) in [5.74, 6) is -2.40. The second kappa shape index (κ2) is 5.04. The highest BCUT2D eigenvalue weighted by atomic mass is 79.9. The molecule has 0 heterocycles. The number of carbonyl (C=O) groups excluding carboxylic acids is 2. The lowest BCUT2D eigenvalue weighted by Crippen LogP contribution is -2.42. The number of amides is 1. The van der Waals surface area contributed by atoms with Crippen molar-refractivity contribution in [2.24, 2.45) is 0 Å². The molecule has 0 fully saturated rings. The van der Waals surface area contributed by atoms with Gasteiger partial charge in [-0.2, -0.15) is 0 Å². The number of nitrogens with one attached hydrogen (secondary N) is 1. The fraction of sp³-hybridized carbons (Fsp3) is 0.333. The third-order valence-electron chi connectivity index (χ3n) is 0.852. The van der Waals surface area contributed by atoms with Crippen LogP contribution in [0.1, 0.15) is 0 Å². The van der Waals surface area contributed by atoms with Gasteiger partial charge in [-0.1, -0.05) is 0 Å². The highest BCUT2D eigenvalue weighted by Crippen LogP contribution is 1.99. The molecular formula is C3H2Br2N2O5. The predicted molar refractivity (Wildman–Crippen MR) is 42.9 cm³/mol. The van der Waals surface area contributed by atoms with E-state index < -0.39 is 22.8 Å². The van der Waals surface area contributed by atoms with Crippen molar-refractivity contribution in [1.29, 1.82) is 0 Å². The monoisotopic (exact) mass is 304 g/mol. The average Bonchev–Trinajstić information content (AvgIpc) is 2.03. The van der Waals surface area contributed by atoms with Gasteiger partial charge < -0.3 is 3.83 Å². The fourth-order valence-corrected chi connectivity index (χ4v) is 0.777. The molecule has 68 valence electrons. The lowest BCUT2D eigenvalue weighted by Gasteiger charge is -2.02. The molecule has 12 heavy (non-hydrogen) atoms. The molecule has 0 saturated carbocycles. The predicted octanol–water partition coefficient (Wildman–Crippen LogP) is -0.0891. The molecule has 0 aromatic heterocycles. The van der Waals surface area contributed by atoms with Crippen LogP contribution < -0.4 is 4.34 Å². The Labute approximate surface area is 83.4 Å². The normalized spacial score (nSPS) is 11.5. The Bertz CT molecular complexity index is 203. The number of nitrogens with zero attached hydrogens (tertiary/aromatic N) is 1. The van der Waals surface area contributed by atoms with Gasteiger partial charge in [-0.3, -0.25) is 19.3 Å². The number of hydrogen-bond donors (Lipinski definition) is 1. The molecule has 0 rings (SSSR count). The van der Waals surface area contributed by atoms with Crippen molar-refractivity contribution in [2.45, 2.75) is 6.04 Å². The Morgan fingerprint density at radius 3 is 2.33 bits per heavy atom. The standard InChI is InChI=1S/C3H2Br2N2O5/c4-6-2(8)1(7(10)11)3(9)12-5/h1H,(H,6,8). The van der Waals surface area contributed by atoms with E-state index in [1.54, 1.807) is 4.34 Å². The zero-order valence-electron chi connectivity index (χ0n) is 5.32. The van der Waals surface area contributed by atoms with E-state index in [9.17, 15) is 19.7 Å². The lowest BCUT2D eigenvalue weighted by atomic mass is 10.3. The Balaban J connectivity index is 4.55. The third-order valence-corrected chi connectivity index (χ3v) is 1.56. The van der Waals surface area contributed by atoms with Crippen molar-refractivity contribution in [3.8, 4) is 0 Å². The van der Waals surface area contributed by atoms with E-state index in [1.807, 2.05) is 0 Å². The van der Waals surface area contributed by atoms with Gasteiger partial charge in [0, 0.05) is 21.1 Å². The largest absolute Gasteiger partial charge is 0.403 e. The number of hydrogen-bond acceptors (Lipinski definition) is 5. The Morgan fingerprint density at radius 1 is 1.58 bits per heavy atom. The molecule has 0 aliphatic rings. The smallest absolute Gasteiger partial charge is 0.378 e. The van der Waals surface area contributed by atoms with Gasteiger partial charge in [0.1, 0.15) is 0 Å². The summed E-state index contributed by atoms with van der Waals surface area (Å²) >= 11 is 4.69. The molecule has 0 saturated heterocycles. The quantitative estimate of drug-likeness (QED) is 0.340. The van der Waals surface area contributed by atoms with Crippen LogP contribution in [0.5, 0.6) is 0 Å². The lowest BCUT2D eigenvalue weighted by molar-refractivity contribution is -0.495. The summed E-state index contributed by atoms with van der Waals surface area (Å²) < 4.78 is 5.62. The molecule has 0 bridgehead atoms. The number of carbonyl (C=O) groups is 2. The van der Waals surface area contributed by atoms with Crippen LogP contribution in [-0.4, -0.2) is 22.8 Å². The van der Waals surface area contributed by atoms with E-state index in [1.165, 1.54) is 0 Å². The molecule has 7 nitrogen and oxygen atoms in total. The van der Waals surface area contributed by atoms with Crippen molar-refractivity contribution in [3.05, 3.63) is 10.1 Å². The van der Waals surface area contributed by atoms with Crippen molar-refractivity contribution in [3.63, 3.8) is 0 Å². The summed E-state index contributed by atoms with van der Waals surface area (Å²) in [5.41, 5.74) is 0. The summed E-state index contributed by atoms with van der Waals surface area (Å²) in [6.45, 7) is 0. The maximum absolute atomic E-state index is 10.6. The van der Waals surface area contributed by atoms with E-state index in [2.05, 4.69) is 36.2 Å². The molecule has 9 heteroatoms. The molecular weight excluding hydrogens is 304 g/mol. The van der Waals surface area contributed by atoms with E-state index in [4.69, 9.17) is 0 Å². The van der Waals surface area contributed by atoms with Crippen molar-refractivity contribution >= 4 is 44.3 Å². The second-order valence-corrected chi connectivity index (χ2v) is 2.26. The van der Waals surface area contributed by atoms with Crippen molar-refractivity contribution < 1.29 is 18.3 Å². The summed E-state index contributed by atoms with van der Waals surface area (Å²) in [7, 11) is 0. The first-order valence-corrected chi connectivity index (χ1v) is 3.85. The molecule has 1 N–H and O–H groups in total. The minimum absolute atomic E-state index is 1.07. The molecule has 1 unspecified atom stereocenters. The molecule has 0 aromatic carbocycles. The first kappa shape index (κ1) is 11.3. The van der Waals surface area contributed by atoms with Crippen LogP contribution in [-0.2, 0) is 13.4 Å². The van der Waals surface area contributed by atoms with E-state index >= 15 is 0 Å². The first-order valence-electron chi connectivity index (χ1n) is 2.41. The molecule has 0 spiro atoms. The maximum atomic E-state index is 10.6. The fourth-order valence-electron chi connectivity index (χ4n) is 0.383. The van der Waals surface area contributed by atoms with Crippen LogP contribution >= 0.6 is 32.4 Å². The van der Waals surface area contributed by atoms with Crippen LogP contribution in [0.2, 0.25) is 0 Å². The summed E-state index contributed by atoms with van der Waals surface area (Å²) in [6.07, 6.45) is 0. The van der Waals surface area contributed by atoms with E-state index in [-0.39, 0.29) is 0 Å². The minimum Gasteiger partial charge on any atom is -0.378 e. The highest BCUT2D eigenvalue weighted by molar-refractivity contribution is 9.08. The summed E-state index contributed by atoms with van der Waals surface area (Å²) in [5, 5.41) is 10.1. The highest BCUT2D eigenvalue weighted by Gasteiger charge is 2.39. The third kappa shape index (κ3) is 2.74. The van der Waals surface area contributed by atoms with Gasteiger partial charge in [0.15, 0.2) is 16.3 Å². The Kier molecular flexibility index (Phi) is 4.74. The maximum Gasteiger partial charge on any atom is 0.403 e. The molecule has 0 aliphatic carbocycles. The van der Waals surface area contributed by atoms with E-state index in [0.717, 1.165) is 0 Å². The van der Waals surface area contributed by atoms with Gasteiger partial charge in [0.2, 0.25) is 0 Å². The van der Waals surface area contributed by atoms with Crippen LogP contribution in [0, 0.1) is 10.1 Å². The van der Waals surface area contributed by atoms with Gasteiger partial charge in [-0.15, -0.1) is 0 Å². The van der Waals surface area contributed by atoms with Gasteiger partial charge >= 0.3 is 17.9 Å². The van der Waals surface area contributed by atoms with Crippen molar-refractivity contribution in [1.82, 2.24) is 4.34 Å². The van der Waals surface area contributed by atoms with Crippen LogP contribution in [0.4, 0.5) is 0 Å². The number of nitro groups is 1. The van der Waals surface area contributed by atoms with Gasteiger partial charge in [-0.25, -0.2) is 4.79 Å². The first-order chi connectivity index (χ1) is 5.54. The Hall–Kier alpha value is -0.700. The Morgan fingerprint density at radius 2 is 2.08 bits per heavy atom. The second-order valence-electron chi connectivity index (χ2n) is 1.54. The molecule has 1 atom stereocenters. The number of rotatable bonds is 3. The van der Waals surface area contributed by atoms with Crippen LogP contribution in [0.15, 0.2) is 0 Å². The zero-order chi connectivity index (χ0) is 9.72. The van der Waals surface area contributed by atoms with Crippen molar-refractivity contribution in [2.75, 3.05) is 0 Å².